The molecule has 82 valence electrons. The maximum Gasteiger partial charge on any atom is 0.330 e. The van der Waals surface area contributed by atoms with E-state index in [0.717, 1.165) is 26.2 Å². The summed E-state index contributed by atoms with van der Waals surface area (Å²) in [5.41, 5.74) is 0.0551. The maximum absolute atomic E-state index is 10.7. The van der Waals surface area contributed by atoms with Gasteiger partial charge in [-0.1, -0.05) is 0 Å². The highest BCUT2D eigenvalue weighted by Crippen LogP contribution is 2.25. The lowest BCUT2D eigenvalue weighted by Crippen LogP contribution is -2.44. The fourth-order valence-electron chi connectivity index (χ4n) is 1.67. The second-order valence-corrected chi connectivity index (χ2v) is 3.65. The fraction of sp³-hybridized carbons (Fsp3) is 0.625. The highest BCUT2D eigenvalue weighted by atomic mass is 16.6. The second-order valence-electron chi connectivity index (χ2n) is 3.65. The van der Waals surface area contributed by atoms with Crippen molar-refractivity contribution in [3.8, 4) is 0 Å². The Kier molecular flexibility index (Phi) is 2.55. The number of hydrogen-bond acceptors (Lipinski definition) is 5. The Morgan fingerprint density at radius 1 is 1.47 bits per heavy atom. The highest BCUT2D eigenvalue weighted by Gasteiger charge is 2.24. The van der Waals surface area contributed by atoms with E-state index < -0.39 is 4.92 Å². The minimum absolute atomic E-state index is 0.0551. The molecule has 0 saturated carbocycles. The van der Waals surface area contributed by atoms with E-state index in [9.17, 15) is 10.1 Å². The molecule has 1 aliphatic rings. The molecule has 1 aliphatic heterocycles. The molecule has 0 aliphatic carbocycles. The van der Waals surface area contributed by atoms with Crippen LogP contribution in [0.4, 0.5) is 11.5 Å². The smallest absolute Gasteiger partial charge is 0.330 e. The van der Waals surface area contributed by atoms with Gasteiger partial charge < -0.3 is 9.80 Å². The van der Waals surface area contributed by atoms with Crippen molar-refractivity contribution in [3.63, 3.8) is 0 Å². The first kappa shape index (κ1) is 9.91. The Balaban J connectivity index is 2.15. The van der Waals surface area contributed by atoms with E-state index in [1.54, 1.807) is 0 Å². The van der Waals surface area contributed by atoms with E-state index in [-0.39, 0.29) is 5.69 Å². The quantitative estimate of drug-likeness (QED) is 0.553. The van der Waals surface area contributed by atoms with Crippen LogP contribution in [0.1, 0.15) is 0 Å². The molecule has 0 spiro atoms. The van der Waals surface area contributed by atoms with Gasteiger partial charge >= 0.3 is 5.69 Å². The van der Waals surface area contributed by atoms with Gasteiger partial charge in [0.1, 0.15) is 6.20 Å². The zero-order chi connectivity index (χ0) is 10.8. The van der Waals surface area contributed by atoms with Crippen LogP contribution in [0.3, 0.4) is 0 Å². The van der Waals surface area contributed by atoms with Crippen LogP contribution < -0.4 is 4.90 Å². The predicted molar refractivity (Wildman–Crippen MR) is 55.0 cm³/mol. The Morgan fingerprint density at radius 3 is 2.73 bits per heavy atom. The van der Waals surface area contributed by atoms with Crippen LogP contribution >= 0.6 is 0 Å². The Hall–Kier alpha value is -1.63. The first-order chi connectivity index (χ1) is 7.18. The lowest BCUT2D eigenvalue weighted by molar-refractivity contribution is -0.384. The number of rotatable bonds is 2. The maximum atomic E-state index is 10.7. The zero-order valence-corrected chi connectivity index (χ0v) is 8.51. The molecule has 1 fully saturated rings. The van der Waals surface area contributed by atoms with Gasteiger partial charge in [0.15, 0.2) is 0 Å². The summed E-state index contributed by atoms with van der Waals surface area (Å²) in [7, 11) is 2.04. The van der Waals surface area contributed by atoms with Gasteiger partial charge in [0.05, 0.1) is 4.92 Å². The summed E-state index contributed by atoms with van der Waals surface area (Å²) in [5.74, 6) is 0.521. The van der Waals surface area contributed by atoms with Crippen molar-refractivity contribution in [1.29, 1.82) is 0 Å². The molecule has 0 bridgehead atoms. The summed E-state index contributed by atoms with van der Waals surface area (Å²) in [4.78, 5) is 14.4. The molecule has 1 N–H and O–H groups in total. The molecule has 0 radical (unpaired) electrons. The van der Waals surface area contributed by atoms with Gasteiger partial charge in [0.25, 0.3) is 0 Å². The lowest BCUT2D eigenvalue weighted by Gasteiger charge is -2.32. The van der Waals surface area contributed by atoms with Crippen molar-refractivity contribution in [2.75, 3.05) is 38.1 Å². The van der Waals surface area contributed by atoms with Gasteiger partial charge in [-0.05, 0) is 7.05 Å². The normalized spacial score (nSPS) is 18.1. The number of likely N-dealkylation sites (N-methyl/N-ethyl adjacent to an activating group) is 1. The predicted octanol–water partition coefficient (Wildman–Crippen LogP) is 0.0697. The van der Waals surface area contributed by atoms with Crippen molar-refractivity contribution in [3.05, 3.63) is 16.3 Å². The molecule has 1 saturated heterocycles. The molecular weight excluding hydrogens is 198 g/mol. The summed E-state index contributed by atoms with van der Waals surface area (Å²) in [6, 6.07) is 0. The molecule has 0 amide bonds. The van der Waals surface area contributed by atoms with Gasteiger partial charge in [-0.25, -0.2) is 0 Å². The minimum atomic E-state index is -0.406. The number of aromatic amines is 1. The topological polar surface area (TPSA) is 78.3 Å². The Labute approximate surface area is 86.8 Å². The van der Waals surface area contributed by atoms with E-state index in [1.807, 2.05) is 11.9 Å². The number of nitro groups is 1. The highest BCUT2D eigenvalue weighted by molar-refractivity contribution is 5.56. The molecule has 2 heterocycles. The first-order valence-corrected chi connectivity index (χ1v) is 4.79. The van der Waals surface area contributed by atoms with Gasteiger partial charge in [-0.3, -0.25) is 15.2 Å². The van der Waals surface area contributed by atoms with Gasteiger partial charge in [-0.2, -0.15) is 5.10 Å². The molecule has 2 rings (SSSR count). The molecule has 0 aromatic carbocycles. The third kappa shape index (κ3) is 1.91. The van der Waals surface area contributed by atoms with E-state index in [1.165, 1.54) is 6.20 Å². The van der Waals surface area contributed by atoms with Crippen molar-refractivity contribution in [2.24, 2.45) is 0 Å². The molecule has 7 nitrogen and oxygen atoms in total. The van der Waals surface area contributed by atoms with Crippen molar-refractivity contribution in [1.82, 2.24) is 15.1 Å². The van der Waals surface area contributed by atoms with Gasteiger partial charge in [0, 0.05) is 26.2 Å². The van der Waals surface area contributed by atoms with Crippen LogP contribution in [0.2, 0.25) is 0 Å². The van der Waals surface area contributed by atoms with E-state index in [2.05, 4.69) is 15.1 Å². The summed E-state index contributed by atoms with van der Waals surface area (Å²) in [6.07, 6.45) is 1.26. The molecule has 1 aromatic heterocycles. The molecule has 1 aromatic rings. The van der Waals surface area contributed by atoms with Gasteiger partial charge in [0.2, 0.25) is 5.82 Å². The third-order valence-electron chi connectivity index (χ3n) is 2.62. The van der Waals surface area contributed by atoms with E-state index >= 15 is 0 Å². The van der Waals surface area contributed by atoms with Crippen LogP contribution in [-0.2, 0) is 0 Å². The molecule has 0 atom stereocenters. The number of anilines is 1. The van der Waals surface area contributed by atoms with E-state index in [0.29, 0.717) is 5.82 Å². The summed E-state index contributed by atoms with van der Waals surface area (Å²) in [6.45, 7) is 3.41. The SMILES string of the molecule is CN1CCN(c2[nH]ncc2[N+](=O)[O-])CC1. The van der Waals surface area contributed by atoms with Crippen LogP contribution in [0, 0.1) is 10.1 Å². The number of nitrogens with one attached hydrogen (secondary N) is 1. The Bertz CT molecular complexity index is 356. The number of H-pyrrole nitrogens is 1. The summed E-state index contributed by atoms with van der Waals surface area (Å²) in [5, 5.41) is 17.1. The van der Waals surface area contributed by atoms with E-state index in [4.69, 9.17) is 0 Å². The minimum Gasteiger partial charge on any atom is -0.349 e. The number of piperazine rings is 1. The molecule has 7 heteroatoms. The standard InChI is InChI=1S/C8H13N5O2/c1-11-2-4-12(5-3-11)8-7(13(14)15)6-9-10-8/h6H,2-5H2,1H3,(H,9,10). The monoisotopic (exact) mass is 211 g/mol. The molecular formula is C8H13N5O2. The van der Waals surface area contributed by atoms with Crippen LogP contribution in [-0.4, -0.2) is 53.2 Å². The van der Waals surface area contributed by atoms with Crippen LogP contribution in [0.15, 0.2) is 6.20 Å². The lowest BCUT2D eigenvalue weighted by atomic mass is 10.3. The van der Waals surface area contributed by atoms with Crippen molar-refractivity contribution >= 4 is 11.5 Å². The number of nitrogens with zero attached hydrogens (tertiary/aromatic N) is 4. The zero-order valence-electron chi connectivity index (χ0n) is 8.51. The summed E-state index contributed by atoms with van der Waals surface area (Å²) < 4.78 is 0. The average molecular weight is 211 g/mol. The van der Waals surface area contributed by atoms with Crippen molar-refractivity contribution < 1.29 is 4.92 Å². The van der Waals surface area contributed by atoms with Crippen molar-refractivity contribution in [2.45, 2.75) is 0 Å². The average Bonchev–Trinajstić information content (AvgIpc) is 2.67. The molecule has 0 unspecified atom stereocenters. The number of hydrogen-bond donors (Lipinski definition) is 1. The Morgan fingerprint density at radius 2 is 2.13 bits per heavy atom. The van der Waals surface area contributed by atoms with Crippen LogP contribution in [0.5, 0.6) is 0 Å². The number of aromatic nitrogens is 2. The first-order valence-electron chi connectivity index (χ1n) is 4.79. The molecule has 15 heavy (non-hydrogen) atoms. The van der Waals surface area contributed by atoms with Gasteiger partial charge in [-0.15, -0.1) is 0 Å². The fourth-order valence-corrected chi connectivity index (χ4v) is 1.67. The van der Waals surface area contributed by atoms with Crippen LogP contribution in [0.25, 0.3) is 0 Å². The third-order valence-corrected chi connectivity index (χ3v) is 2.62. The second kappa shape index (κ2) is 3.85. The summed E-state index contributed by atoms with van der Waals surface area (Å²) >= 11 is 0. The largest absolute Gasteiger partial charge is 0.349 e.